The molecule has 0 saturated carbocycles. The van der Waals surface area contributed by atoms with Crippen LogP contribution >= 0.6 is 0 Å². The van der Waals surface area contributed by atoms with Crippen molar-refractivity contribution in [3.05, 3.63) is 41.2 Å². The van der Waals surface area contributed by atoms with Gasteiger partial charge in [-0.2, -0.15) is 0 Å². The SMILES string of the molecule is Cc1cccc(Nc2nc(C(C)(C)C)nc(N)c2C)c1. The summed E-state index contributed by atoms with van der Waals surface area (Å²) in [4.78, 5) is 9.02. The Morgan fingerprint density at radius 3 is 2.40 bits per heavy atom. The third-order valence-electron chi connectivity index (χ3n) is 3.14. The van der Waals surface area contributed by atoms with Gasteiger partial charge in [-0.1, -0.05) is 32.9 Å². The largest absolute Gasteiger partial charge is 0.383 e. The Morgan fingerprint density at radius 1 is 1.10 bits per heavy atom. The molecule has 0 amide bonds. The summed E-state index contributed by atoms with van der Waals surface area (Å²) in [5, 5.41) is 3.34. The minimum atomic E-state index is -0.134. The number of aromatic nitrogens is 2. The summed E-state index contributed by atoms with van der Waals surface area (Å²) in [6.07, 6.45) is 0. The molecule has 0 unspecified atom stereocenters. The lowest BCUT2D eigenvalue weighted by Crippen LogP contribution is -2.18. The zero-order valence-electron chi connectivity index (χ0n) is 12.8. The molecule has 1 heterocycles. The first-order valence-corrected chi connectivity index (χ1v) is 6.75. The summed E-state index contributed by atoms with van der Waals surface area (Å²) in [5.41, 5.74) is 8.96. The van der Waals surface area contributed by atoms with Crippen molar-refractivity contribution in [2.75, 3.05) is 11.1 Å². The molecule has 0 atom stereocenters. The van der Waals surface area contributed by atoms with E-state index < -0.39 is 0 Å². The van der Waals surface area contributed by atoms with Crippen LogP contribution in [-0.2, 0) is 5.41 Å². The Labute approximate surface area is 120 Å². The number of nitrogens with zero attached hydrogens (tertiary/aromatic N) is 2. The lowest BCUT2D eigenvalue weighted by atomic mass is 9.95. The lowest BCUT2D eigenvalue weighted by Gasteiger charge is -2.20. The molecule has 0 radical (unpaired) electrons. The van der Waals surface area contributed by atoms with Crippen LogP contribution in [0.5, 0.6) is 0 Å². The molecule has 0 spiro atoms. The molecule has 2 rings (SSSR count). The highest BCUT2D eigenvalue weighted by Crippen LogP contribution is 2.26. The topological polar surface area (TPSA) is 63.8 Å². The molecule has 0 aliphatic rings. The van der Waals surface area contributed by atoms with E-state index in [1.165, 1.54) is 5.56 Å². The number of nitrogens with one attached hydrogen (secondary N) is 1. The van der Waals surface area contributed by atoms with Crippen LogP contribution in [-0.4, -0.2) is 9.97 Å². The van der Waals surface area contributed by atoms with Gasteiger partial charge in [-0.3, -0.25) is 0 Å². The molecule has 2 aromatic rings. The number of rotatable bonds is 2. The molecule has 20 heavy (non-hydrogen) atoms. The number of nitrogens with two attached hydrogens (primary N) is 1. The van der Waals surface area contributed by atoms with Crippen molar-refractivity contribution < 1.29 is 0 Å². The monoisotopic (exact) mass is 270 g/mol. The van der Waals surface area contributed by atoms with E-state index in [2.05, 4.69) is 55.1 Å². The minimum Gasteiger partial charge on any atom is -0.383 e. The number of hydrogen-bond acceptors (Lipinski definition) is 4. The van der Waals surface area contributed by atoms with Crippen LogP contribution in [0.15, 0.2) is 24.3 Å². The summed E-state index contributed by atoms with van der Waals surface area (Å²) in [6, 6.07) is 8.17. The molecule has 4 heteroatoms. The van der Waals surface area contributed by atoms with Crippen LogP contribution in [0, 0.1) is 13.8 Å². The maximum atomic E-state index is 6.01. The van der Waals surface area contributed by atoms with Crippen LogP contribution < -0.4 is 11.1 Å². The molecule has 0 bridgehead atoms. The van der Waals surface area contributed by atoms with Crippen molar-refractivity contribution >= 4 is 17.3 Å². The first-order valence-electron chi connectivity index (χ1n) is 6.75. The highest BCUT2D eigenvalue weighted by atomic mass is 15.1. The standard InChI is InChI=1S/C16H22N4/c1-10-7-6-8-12(9-10)18-14-11(2)13(17)19-15(20-14)16(3,4)5/h6-9H,1-5H3,(H3,17,18,19,20). The predicted octanol–water partition coefficient (Wildman–Crippen LogP) is 3.72. The fourth-order valence-corrected chi connectivity index (χ4v) is 1.85. The highest BCUT2D eigenvalue weighted by Gasteiger charge is 2.20. The predicted molar refractivity (Wildman–Crippen MR) is 84.3 cm³/mol. The first-order chi connectivity index (χ1) is 9.27. The molecule has 0 fully saturated rings. The Morgan fingerprint density at radius 2 is 1.80 bits per heavy atom. The number of benzene rings is 1. The molecule has 106 valence electrons. The maximum Gasteiger partial charge on any atom is 0.139 e. The van der Waals surface area contributed by atoms with E-state index >= 15 is 0 Å². The number of aryl methyl sites for hydroxylation is 1. The zero-order valence-corrected chi connectivity index (χ0v) is 12.8. The zero-order chi connectivity index (χ0) is 14.9. The number of anilines is 3. The normalized spacial score (nSPS) is 11.4. The van der Waals surface area contributed by atoms with Gasteiger partial charge in [0.15, 0.2) is 0 Å². The Bertz CT molecular complexity index is 627. The van der Waals surface area contributed by atoms with Gasteiger partial charge in [0.25, 0.3) is 0 Å². The molecular weight excluding hydrogens is 248 g/mol. The van der Waals surface area contributed by atoms with Gasteiger partial charge in [-0.25, -0.2) is 9.97 Å². The van der Waals surface area contributed by atoms with Gasteiger partial charge in [-0.15, -0.1) is 0 Å². The first kappa shape index (κ1) is 14.3. The second kappa shape index (κ2) is 5.12. The number of nitrogen functional groups attached to an aromatic ring is 1. The Kier molecular flexibility index (Phi) is 3.66. The van der Waals surface area contributed by atoms with Crippen LogP contribution in [0.3, 0.4) is 0 Å². The average molecular weight is 270 g/mol. The molecular formula is C16H22N4. The molecule has 0 aliphatic heterocycles. The second-order valence-electron chi connectivity index (χ2n) is 6.15. The Balaban J connectivity index is 2.43. The van der Waals surface area contributed by atoms with Crippen molar-refractivity contribution in [2.45, 2.75) is 40.0 Å². The van der Waals surface area contributed by atoms with Gasteiger partial charge in [0, 0.05) is 16.7 Å². The summed E-state index contributed by atoms with van der Waals surface area (Å²) in [6.45, 7) is 10.2. The number of hydrogen-bond donors (Lipinski definition) is 2. The Hall–Kier alpha value is -2.10. The summed E-state index contributed by atoms with van der Waals surface area (Å²) < 4.78 is 0. The van der Waals surface area contributed by atoms with Gasteiger partial charge in [-0.05, 0) is 31.5 Å². The maximum absolute atomic E-state index is 6.01. The smallest absolute Gasteiger partial charge is 0.139 e. The molecule has 0 saturated heterocycles. The van der Waals surface area contributed by atoms with E-state index in [4.69, 9.17) is 5.73 Å². The van der Waals surface area contributed by atoms with Gasteiger partial charge < -0.3 is 11.1 Å². The van der Waals surface area contributed by atoms with Crippen molar-refractivity contribution in [3.63, 3.8) is 0 Å². The quantitative estimate of drug-likeness (QED) is 0.873. The molecule has 4 nitrogen and oxygen atoms in total. The van der Waals surface area contributed by atoms with Crippen LogP contribution in [0.2, 0.25) is 0 Å². The molecule has 0 aliphatic carbocycles. The molecule has 1 aromatic carbocycles. The summed E-state index contributed by atoms with van der Waals surface area (Å²) >= 11 is 0. The van der Waals surface area contributed by atoms with Crippen LogP contribution in [0.1, 0.15) is 37.7 Å². The third-order valence-corrected chi connectivity index (χ3v) is 3.14. The fraction of sp³-hybridized carbons (Fsp3) is 0.375. The van der Waals surface area contributed by atoms with E-state index in [0.717, 1.165) is 22.9 Å². The van der Waals surface area contributed by atoms with E-state index in [9.17, 15) is 0 Å². The minimum absolute atomic E-state index is 0.134. The van der Waals surface area contributed by atoms with E-state index in [0.29, 0.717) is 5.82 Å². The highest BCUT2D eigenvalue weighted by molar-refractivity contribution is 5.64. The van der Waals surface area contributed by atoms with Gasteiger partial charge in [0.05, 0.1) is 0 Å². The van der Waals surface area contributed by atoms with Crippen LogP contribution in [0.25, 0.3) is 0 Å². The van der Waals surface area contributed by atoms with E-state index in [1.54, 1.807) is 0 Å². The van der Waals surface area contributed by atoms with Crippen molar-refractivity contribution in [3.8, 4) is 0 Å². The third kappa shape index (κ3) is 3.07. The molecule has 1 aromatic heterocycles. The van der Waals surface area contributed by atoms with Crippen molar-refractivity contribution in [1.29, 1.82) is 0 Å². The second-order valence-corrected chi connectivity index (χ2v) is 6.15. The fourth-order valence-electron chi connectivity index (χ4n) is 1.85. The molecule has 3 N–H and O–H groups in total. The lowest BCUT2D eigenvalue weighted by molar-refractivity contribution is 0.546. The van der Waals surface area contributed by atoms with Crippen molar-refractivity contribution in [1.82, 2.24) is 9.97 Å². The van der Waals surface area contributed by atoms with Gasteiger partial charge >= 0.3 is 0 Å². The van der Waals surface area contributed by atoms with E-state index in [-0.39, 0.29) is 5.41 Å². The van der Waals surface area contributed by atoms with Crippen molar-refractivity contribution in [2.24, 2.45) is 0 Å². The van der Waals surface area contributed by atoms with Gasteiger partial charge in [0.2, 0.25) is 0 Å². The summed E-state index contributed by atoms with van der Waals surface area (Å²) in [7, 11) is 0. The average Bonchev–Trinajstić information content (AvgIpc) is 2.33. The van der Waals surface area contributed by atoms with Crippen LogP contribution in [0.4, 0.5) is 17.3 Å². The summed E-state index contributed by atoms with van der Waals surface area (Å²) in [5.74, 6) is 2.05. The van der Waals surface area contributed by atoms with E-state index in [1.807, 2.05) is 19.1 Å². The van der Waals surface area contributed by atoms with Gasteiger partial charge in [0.1, 0.15) is 17.5 Å².